The zero-order chi connectivity index (χ0) is 28.7. The molecule has 0 spiro atoms. The molecule has 1 heterocycles. The molecule has 5 rings (SSSR count). The van der Waals surface area contributed by atoms with E-state index < -0.39 is 69.6 Å². The van der Waals surface area contributed by atoms with E-state index in [9.17, 15) is 24.3 Å². The number of fused-ring (bicyclic) bond motifs is 5. The highest BCUT2D eigenvalue weighted by molar-refractivity contribution is 6.46. The average Bonchev–Trinajstić information content (AvgIpc) is 2.87. The average molecular weight is 539 g/mol. The van der Waals surface area contributed by atoms with Crippen LogP contribution in [0.25, 0.3) is 0 Å². The highest BCUT2D eigenvalue weighted by Gasteiger charge is 2.77. The molecule has 1 aromatic rings. The number of carbonyl (C=O) groups is 4. The third-order valence-electron chi connectivity index (χ3n) is 10.6. The maximum Gasteiger partial charge on any atom is 0.338 e. The van der Waals surface area contributed by atoms with Gasteiger partial charge in [-0.2, -0.15) is 0 Å². The first kappa shape index (κ1) is 27.7. The van der Waals surface area contributed by atoms with Crippen molar-refractivity contribution in [2.45, 2.75) is 84.7 Å². The minimum absolute atomic E-state index is 0.0289. The molecule has 8 atom stereocenters. The van der Waals surface area contributed by atoms with Crippen LogP contribution in [-0.2, 0) is 28.6 Å². The first-order chi connectivity index (χ1) is 18.1. The molecular weight excluding hydrogens is 500 g/mol. The lowest BCUT2D eigenvalue weighted by Gasteiger charge is -2.67. The molecule has 210 valence electrons. The lowest BCUT2D eigenvalue weighted by atomic mass is 9.43. The largest absolute Gasteiger partial charge is 0.455 e. The Kier molecular flexibility index (Phi) is 6.28. The van der Waals surface area contributed by atoms with Crippen molar-refractivity contribution in [2.75, 3.05) is 6.61 Å². The van der Waals surface area contributed by atoms with E-state index >= 15 is 0 Å². The summed E-state index contributed by atoms with van der Waals surface area (Å²) in [6.45, 7) is 12.0. The molecule has 0 unspecified atom stereocenters. The summed E-state index contributed by atoms with van der Waals surface area (Å²) >= 11 is 0. The molecule has 1 N–H and O–H groups in total. The fraction of sp³-hybridized carbons (Fsp3) is 0.613. The Balaban J connectivity index is 1.82. The summed E-state index contributed by atoms with van der Waals surface area (Å²) in [6.07, 6.45) is -1.30. The summed E-state index contributed by atoms with van der Waals surface area (Å²) in [5, 5.41) is 12.8. The van der Waals surface area contributed by atoms with Gasteiger partial charge in [-0.05, 0) is 43.7 Å². The van der Waals surface area contributed by atoms with Crippen LogP contribution in [0.5, 0.6) is 0 Å². The lowest BCUT2D eigenvalue weighted by molar-refractivity contribution is -0.337. The Bertz CT molecular complexity index is 1280. The van der Waals surface area contributed by atoms with Gasteiger partial charge in [0.15, 0.2) is 5.60 Å². The van der Waals surface area contributed by atoms with Crippen molar-refractivity contribution in [1.82, 2.24) is 0 Å². The minimum atomic E-state index is -1.77. The molecule has 0 radical (unpaired) electrons. The summed E-state index contributed by atoms with van der Waals surface area (Å²) in [6, 6.07) is 8.45. The van der Waals surface area contributed by atoms with Gasteiger partial charge in [-0.15, -0.1) is 0 Å². The smallest absolute Gasteiger partial charge is 0.338 e. The quantitative estimate of drug-likeness (QED) is 0.456. The number of esters is 2. The molecule has 2 saturated carbocycles. The number of allylic oxidation sites excluding steroid dienone is 1. The topological polar surface area (TPSA) is 116 Å². The van der Waals surface area contributed by atoms with Crippen LogP contribution >= 0.6 is 0 Å². The fourth-order valence-corrected chi connectivity index (χ4v) is 7.99. The molecule has 1 aliphatic heterocycles. The van der Waals surface area contributed by atoms with Crippen LogP contribution in [0.15, 0.2) is 41.5 Å². The number of Topliss-reactive ketones (excluding diaryl/α,β-unsaturated/α-hetero) is 2. The van der Waals surface area contributed by atoms with Crippen molar-refractivity contribution in [2.24, 2.45) is 28.6 Å². The Labute approximate surface area is 229 Å². The normalized spacial score (nSPS) is 40.9. The summed E-state index contributed by atoms with van der Waals surface area (Å²) in [4.78, 5) is 54.8. The van der Waals surface area contributed by atoms with Crippen LogP contribution in [0, 0.1) is 28.6 Å². The third-order valence-corrected chi connectivity index (χ3v) is 10.6. The Morgan fingerprint density at radius 3 is 2.28 bits per heavy atom. The van der Waals surface area contributed by atoms with Gasteiger partial charge in [0, 0.05) is 23.3 Å². The van der Waals surface area contributed by atoms with Crippen molar-refractivity contribution in [3.63, 3.8) is 0 Å². The molecule has 3 aliphatic carbocycles. The van der Waals surface area contributed by atoms with Crippen LogP contribution in [0.3, 0.4) is 0 Å². The van der Waals surface area contributed by atoms with Crippen molar-refractivity contribution in [3.05, 3.63) is 47.0 Å². The van der Waals surface area contributed by atoms with Gasteiger partial charge in [0.05, 0.1) is 18.1 Å². The monoisotopic (exact) mass is 538 g/mol. The van der Waals surface area contributed by atoms with Crippen LogP contribution < -0.4 is 0 Å². The SMILES string of the molecule is CC(=O)O[C@@]12CO[C@@H]1C[C@H](C)[C@@]1(C)C(=O)C(=O)C3=C(C)[C@@H](C)C[C@@](O)([C@@H](OC(=O)c4ccccc4)[C@H]21)C3(C)C. The van der Waals surface area contributed by atoms with Crippen LogP contribution in [-0.4, -0.2) is 58.6 Å². The standard InChI is InChI=1S/C31H38O8/c1-16-14-31(36)26(38-27(35)20-11-9-8-10-12-20)24-29(7,25(34)23(33)22(18(16)3)28(31,5)6)17(2)13-21-30(24,15-37-21)39-19(4)32/h8-12,16-17,21,24,26,36H,13-15H2,1-7H3/t16-,17-,21+,24-,26-,29+,30-,31+/m0/s1. The fourth-order valence-electron chi connectivity index (χ4n) is 7.99. The van der Waals surface area contributed by atoms with Crippen LogP contribution in [0.4, 0.5) is 0 Å². The number of rotatable bonds is 3. The summed E-state index contributed by atoms with van der Waals surface area (Å²) < 4.78 is 18.2. The summed E-state index contributed by atoms with van der Waals surface area (Å²) in [5.74, 6) is -4.18. The second kappa shape index (κ2) is 8.83. The van der Waals surface area contributed by atoms with E-state index in [1.165, 1.54) is 6.92 Å². The molecule has 4 aliphatic rings. The molecule has 1 saturated heterocycles. The summed E-state index contributed by atoms with van der Waals surface area (Å²) in [5.41, 5.74) is -4.47. The second-order valence-electron chi connectivity index (χ2n) is 12.8. The van der Waals surface area contributed by atoms with E-state index in [0.717, 1.165) is 5.57 Å². The first-order valence-corrected chi connectivity index (χ1v) is 13.7. The van der Waals surface area contributed by atoms with Crippen molar-refractivity contribution < 1.29 is 38.5 Å². The molecule has 0 amide bonds. The van der Waals surface area contributed by atoms with Crippen molar-refractivity contribution >= 4 is 23.5 Å². The molecule has 39 heavy (non-hydrogen) atoms. The highest BCUT2D eigenvalue weighted by Crippen LogP contribution is 2.65. The lowest BCUT2D eigenvalue weighted by Crippen LogP contribution is -2.80. The predicted octanol–water partition coefficient (Wildman–Crippen LogP) is 3.84. The molecular formula is C31H38O8. The van der Waals surface area contributed by atoms with E-state index in [1.54, 1.807) is 51.1 Å². The molecule has 3 fully saturated rings. The van der Waals surface area contributed by atoms with Gasteiger partial charge in [0.1, 0.15) is 17.8 Å². The first-order valence-electron chi connectivity index (χ1n) is 13.7. The Morgan fingerprint density at radius 2 is 1.72 bits per heavy atom. The van der Waals surface area contributed by atoms with E-state index in [-0.39, 0.29) is 30.1 Å². The van der Waals surface area contributed by atoms with Gasteiger partial charge in [-0.1, -0.05) is 58.4 Å². The van der Waals surface area contributed by atoms with Gasteiger partial charge in [-0.3, -0.25) is 14.4 Å². The van der Waals surface area contributed by atoms with E-state index in [4.69, 9.17) is 14.2 Å². The zero-order valence-corrected chi connectivity index (χ0v) is 23.7. The molecule has 0 aromatic heterocycles. The van der Waals surface area contributed by atoms with E-state index in [0.29, 0.717) is 6.42 Å². The Hall–Kier alpha value is -2.84. The molecule has 2 bridgehead atoms. The van der Waals surface area contributed by atoms with Gasteiger partial charge in [-0.25, -0.2) is 4.79 Å². The number of aliphatic hydroxyl groups is 1. The van der Waals surface area contributed by atoms with Crippen LogP contribution in [0.2, 0.25) is 0 Å². The number of benzene rings is 1. The van der Waals surface area contributed by atoms with E-state index in [1.807, 2.05) is 20.8 Å². The maximum atomic E-state index is 14.4. The van der Waals surface area contributed by atoms with Crippen LogP contribution in [0.1, 0.15) is 71.7 Å². The maximum absolute atomic E-state index is 14.4. The second-order valence-corrected chi connectivity index (χ2v) is 12.8. The number of hydrogen-bond acceptors (Lipinski definition) is 8. The van der Waals surface area contributed by atoms with Gasteiger partial charge < -0.3 is 19.3 Å². The number of ketones is 2. The zero-order valence-electron chi connectivity index (χ0n) is 23.7. The van der Waals surface area contributed by atoms with E-state index in [2.05, 4.69) is 0 Å². The minimum Gasteiger partial charge on any atom is -0.455 e. The summed E-state index contributed by atoms with van der Waals surface area (Å²) in [7, 11) is 0. The van der Waals surface area contributed by atoms with Gasteiger partial charge in [0.2, 0.25) is 11.6 Å². The number of ether oxygens (including phenoxy) is 3. The molecule has 8 nitrogen and oxygen atoms in total. The predicted molar refractivity (Wildman–Crippen MR) is 140 cm³/mol. The van der Waals surface area contributed by atoms with Crippen molar-refractivity contribution in [3.8, 4) is 0 Å². The highest BCUT2D eigenvalue weighted by atomic mass is 16.6. The van der Waals surface area contributed by atoms with Gasteiger partial charge in [0.25, 0.3) is 0 Å². The number of hydrogen-bond donors (Lipinski definition) is 1. The van der Waals surface area contributed by atoms with Gasteiger partial charge >= 0.3 is 11.9 Å². The van der Waals surface area contributed by atoms with Crippen molar-refractivity contribution in [1.29, 1.82) is 0 Å². The third kappa shape index (κ3) is 3.56. The molecule has 8 heteroatoms. The molecule has 1 aromatic carbocycles. The Morgan fingerprint density at radius 1 is 1.08 bits per heavy atom. The number of carbonyl (C=O) groups excluding carboxylic acids is 4.